The Morgan fingerprint density at radius 3 is 2.57 bits per heavy atom. The number of hydrogen-bond donors (Lipinski definition) is 1. The van der Waals surface area contributed by atoms with Crippen LogP contribution in [0.1, 0.15) is 36.9 Å². The molecule has 2 aromatic rings. The number of benzene rings is 2. The Bertz CT molecular complexity index is 524. The van der Waals surface area contributed by atoms with E-state index in [0.717, 1.165) is 18.7 Å². The molecule has 112 valence electrons. The van der Waals surface area contributed by atoms with Gasteiger partial charge in [-0.25, -0.2) is 0 Å². The SMILES string of the molecule is COc1cccc(C(C)NCCCCc2ccccc2)c1. The third-order valence-corrected chi connectivity index (χ3v) is 3.78. The Labute approximate surface area is 128 Å². The first kappa shape index (κ1) is 15.6. The van der Waals surface area contributed by atoms with E-state index in [4.69, 9.17) is 4.74 Å². The molecule has 0 spiro atoms. The van der Waals surface area contributed by atoms with Crippen LogP contribution in [0.5, 0.6) is 5.75 Å². The first-order chi connectivity index (χ1) is 10.3. The number of unbranched alkanes of at least 4 members (excludes halogenated alkanes) is 1. The normalized spacial score (nSPS) is 12.1. The van der Waals surface area contributed by atoms with Crippen molar-refractivity contribution in [3.8, 4) is 5.75 Å². The monoisotopic (exact) mass is 283 g/mol. The van der Waals surface area contributed by atoms with Crippen molar-refractivity contribution >= 4 is 0 Å². The Hall–Kier alpha value is -1.80. The van der Waals surface area contributed by atoms with E-state index in [9.17, 15) is 0 Å². The van der Waals surface area contributed by atoms with Gasteiger partial charge in [0.05, 0.1) is 7.11 Å². The van der Waals surface area contributed by atoms with Crippen molar-refractivity contribution in [3.05, 3.63) is 65.7 Å². The number of methoxy groups -OCH3 is 1. The Kier molecular flexibility index (Phi) is 6.29. The lowest BCUT2D eigenvalue weighted by atomic mass is 10.1. The number of ether oxygens (including phenoxy) is 1. The summed E-state index contributed by atoms with van der Waals surface area (Å²) in [5.74, 6) is 0.922. The Morgan fingerprint density at radius 2 is 1.81 bits per heavy atom. The lowest BCUT2D eigenvalue weighted by Gasteiger charge is -2.15. The van der Waals surface area contributed by atoms with Gasteiger partial charge < -0.3 is 10.1 Å². The average molecular weight is 283 g/mol. The average Bonchev–Trinajstić information content (AvgIpc) is 2.55. The molecule has 1 unspecified atom stereocenters. The molecule has 1 N–H and O–H groups in total. The summed E-state index contributed by atoms with van der Waals surface area (Å²) in [4.78, 5) is 0. The minimum absolute atomic E-state index is 0.358. The van der Waals surface area contributed by atoms with Crippen LogP contribution in [0.15, 0.2) is 54.6 Å². The molecule has 0 radical (unpaired) electrons. The molecule has 0 aromatic heterocycles. The summed E-state index contributed by atoms with van der Waals surface area (Å²) in [6.45, 7) is 3.25. The minimum Gasteiger partial charge on any atom is -0.497 e. The maximum Gasteiger partial charge on any atom is 0.119 e. The molecular weight excluding hydrogens is 258 g/mol. The van der Waals surface area contributed by atoms with Gasteiger partial charge in [0.15, 0.2) is 0 Å². The van der Waals surface area contributed by atoms with E-state index >= 15 is 0 Å². The van der Waals surface area contributed by atoms with Crippen molar-refractivity contribution in [2.45, 2.75) is 32.2 Å². The van der Waals surface area contributed by atoms with Crippen LogP contribution in [0.2, 0.25) is 0 Å². The van der Waals surface area contributed by atoms with Crippen LogP contribution in [0.25, 0.3) is 0 Å². The quantitative estimate of drug-likeness (QED) is 0.726. The highest BCUT2D eigenvalue weighted by Gasteiger charge is 2.05. The molecule has 0 saturated carbocycles. The summed E-state index contributed by atoms with van der Waals surface area (Å²) in [6.07, 6.45) is 3.58. The van der Waals surface area contributed by atoms with E-state index in [1.807, 2.05) is 12.1 Å². The lowest BCUT2D eigenvalue weighted by molar-refractivity contribution is 0.413. The van der Waals surface area contributed by atoms with E-state index in [1.165, 1.54) is 24.0 Å². The van der Waals surface area contributed by atoms with Gasteiger partial charge in [0.2, 0.25) is 0 Å². The topological polar surface area (TPSA) is 21.3 Å². The molecule has 0 amide bonds. The van der Waals surface area contributed by atoms with Gasteiger partial charge in [-0.3, -0.25) is 0 Å². The van der Waals surface area contributed by atoms with Crippen LogP contribution in [0.4, 0.5) is 0 Å². The van der Waals surface area contributed by atoms with Gasteiger partial charge in [-0.15, -0.1) is 0 Å². The second kappa shape index (κ2) is 8.48. The standard InChI is InChI=1S/C19H25NO/c1-16(18-12-8-13-19(15-18)21-2)20-14-7-6-11-17-9-4-3-5-10-17/h3-5,8-10,12-13,15-16,20H,6-7,11,14H2,1-2H3. The zero-order valence-electron chi connectivity index (χ0n) is 13.0. The fourth-order valence-electron chi connectivity index (χ4n) is 2.45. The number of aryl methyl sites for hydroxylation is 1. The molecule has 21 heavy (non-hydrogen) atoms. The zero-order valence-corrected chi connectivity index (χ0v) is 13.0. The molecule has 1 atom stereocenters. The molecule has 2 rings (SSSR count). The summed E-state index contributed by atoms with van der Waals surface area (Å²) in [6, 6.07) is 19.3. The molecule has 0 heterocycles. The third kappa shape index (κ3) is 5.24. The van der Waals surface area contributed by atoms with Gasteiger partial charge in [-0.1, -0.05) is 42.5 Å². The van der Waals surface area contributed by atoms with E-state index in [1.54, 1.807) is 7.11 Å². The first-order valence-corrected chi connectivity index (χ1v) is 7.71. The molecule has 0 fully saturated rings. The third-order valence-electron chi connectivity index (χ3n) is 3.78. The van der Waals surface area contributed by atoms with Crippen molar-refractivity contribution in [3.63, 3.8) is 0 Å². The van der Waals surface area contributed by atoms with Crippen molar-refractivity contribution in [1.82, 2.24) is 5.32 Å². The summed E-state index contributed by atoms with van der Waals surface area (Å²) < 4.78 is 5.27. The molecule has 2 heteroatoms. The van der Waals surface area contributed by atoms with E-state index in [2.05, 4.69) is 54.7 Å². The fraction of sp³-hybridized carbons (Fsp3) is 0.368. The number of nitrogens with one attached hydrogen (secondary N) is 1. The highest BCUT2D eigenvalue weighted by atomic mass is 16.5. The predicted octanol–water partition coefficient (Wildman–Crippen LogP) is 4.37. The molecule has 2 aromatic carbocycles. The van der Waals surface area contributed by atoms with Crippen molar-refractivity contribution < 1.29 is 4.74 Å². The van der Waals surface area contributed by atoms with Gasteiger partial charge in [0.1, 0.15) is 5.75 Å². The molecule has 0 aliphatic carbocycles. The molecular formula is C19H25NO. The highest BCUT2D eigenvalue weighted by molar-refractivity contribution is 5.30. The number of hydrogen-bond acceptors (Lipinski definition) is 2. The van der Waals surface area contributed by atoms with Crippen molar-refractivity contribution in [2.75, 3.05) is 13.7 Å². The van der Waals surface area contributed by atoms with E-state index < -0.39 is 0 Å². The van der Waals surface area contributed by atoms with Crippen molar-refractivity contribution in [1.29, 1.82) is 0 Å². The smallest absolute Gasteiger partial charge is 0.119 e. The Morgan fingerprint density at radius 1 is 1.00 bits per heavy atom. The van der Waals surface area contributed by atoms with Gasteiger partial charge in [0, 0.05) is 6.04 Å². The Balaban J connectivity index is 1.68. The molecule has 2 nitrogen and oxygen atoms in total. The van der Waals surface area contributed by atoms with Gasteiger partial charge in [-0.05, 0) is 56.0 Å². The van der Waals surface area contributed by atoms with Crippen LogP contribution in [-0.2, 0) is 6.42 Å². The van der Waals surface area contributed by atoms with Gasteiger partial charge >= 0.3 is 0 Å². The molecule has 0 aliphatic rings. The summed E-state index contributed by atoms with van der Waals surface area (Å²) in [5, 5.41) is 3.58. The number of rotatable bonds is 8. The maximum atomic E-state index is 5.27. The van der Waals surface area contributed by atoms with Gasteiger partial charge in [-0.2, -0.15) is 0 Å². The zero-order chi connectivity index (χ0) is 14.9. The van der Waals surface area contributed by atoms with Crippen LogP contribution in [-0.4, -0.2) is 13.7 Å². The summed E-state index contributed by atoms with van der Waals surface area (Å²) in [5.41, 5.74) is 2.70. The lowest BCUT2D eigenvalue weighted by Crippen LogP contribution is -2.19. The van der Waals surface area contributed by atoms with Crippen LogP contribution in [0.3, 0.4) is 0 Å². The minimum atomic E-state index is 0.358. The summed E-state index contributed by atoms with van der Waals surface area (Å²) >= 11 is 0. The van der Waals surface area contributed by atoms with Crippen LogP contribution >= 0.6 is 0 Å². The van der Waals surface area contributed by atoms with Crippen LogP contribution < -0.4 is 10.1 Å². The van der Waals surface area contributed by atoms with E-state index in [0.29, 0.717) is 6.04 Å². The molecule has 0 aliphatic heterocycles. The van der Waals surface area contributed by atoms with Crippen molar-refractivity contribution in [2.24, 2.45) is 0 Å². The second-order valence-corrected chi connectivity index (χ2v) is 5.40. The van der Waals surface area contributed by atoms with E-state index in [-0.39, 0.29) is 0 Å². The predicted molar refractivity (Wildman–Crippen MR) is 88.8 cm³/mol. The van der Waals surface area contributed by atoms with Gasteiger partial charge in [0.25, 0.3) is 0 Å². The molecule has 0 bridgehead atoms. The molecule has 0 saturated heterocycles. The van der Waals surface area contributed by atoms with Crippen LogP contribution in [0, 0.1) is 0 Å². The largest absolute Gasteiger partial charge is 0.497 e. The maximum absolute atomic E-state index is 5.27. The fourth-order valence-corrected chi connectivity index (χ4v) is 2.45. The first-order valence-electron chi connectivity index (χ1n) is 7.71. The second-order valence-electron chi connectivity index (χ2n) is 5.40. The summed E-state index contributed by atoms with van der Waals surface area (Å²) in [7, 11) is 1.71. The highest BCUT2D eigenvalue weighted by Crippen LogP contribution is 2.18.